The lowest BCUT2D eigenvalue weighted by molar-refractivity contribution is -0.113. The normalized spacial score (nSPS) is 10.3. The molecule has 0 N–H and O–H groups in total. The van der Waals surface area contributed by atoms with Gasteiger partial charge >= 0.3 is 0 Å². The van der Waals surface area contributed by atoms with Crippen molar-refractivity contribution >= 4 is 11.6 Å². The Hall–Kier alpha value is -2.22. The average Bonchev–Trinajstić information content (AvgIpc) is 2.41. The van der Waals surface area contributed by atoms with E-state index >= 15 is 0 Å². The van der Waals surface area contributed by atoms with Gasteiger partial charge in [0.2, 0.25) is 5.78 Å². The fourth-order valence-corrected chi connectivity index (χ4v) is 2.07. The lowest BCUT2D eigenvalue weighted by atomic mass is 9.96. The number of rotatable bonds is 3. The van der Waals surface area contributed by atoms with Crippen LogP contribution in [0, 0.1) is 13.8 Å². The Morgan fingerprint density at radius 2 is 1.53 bits per heavy atom. The molecule has 0 saturated heterocycles. The van der Waals surface area contributed by atoms with Crippen LogP contribution in [0.25, 0.3) is 11.1 Å². The molecule has 2 heteroatoms. The van der Waals surface area contributed by atoms with Crippen molar-refractivity contribution in [3.05, 3.63) is 59.2 Å². The second-order valence-electron chi connectivity index (χ2n) is 4.71. The van der Waals surface area contributed by atoms with E-state index in [4.69, 9.17) is 0 Å². The second-order valence-corrected chi connectivity index (χ2v) is 4.71. The van der Waals surface area contributed by atoms with Gasteiger partial charge in [0.1, 0.15) is 0 Å². The standard InChI is InChI=1S/C17H16O2/c1-11-5-4-6-16(12(11)2)14-7-9-15(10-8-14)17(19)13(3)18/h4-10H,1-3H3. The average molecular weight is 252 g/mol. The van der Waals surface area contributed by atoms with Crippen LogP contribution < -0.4 is 0 Å². The minimum Gasteiger partial charge on any atom is -0.291 e. The number of benzene rings is 2. The molecule has 0 bridgehead atoms. The van der Waals surface area contributed by atoms with Gasteiger partial charge in [-0.1, -0.05) is 42.5 Å². The molecule has 0 unspecified atom stereocenters. The quantitative estimate of drug-likeness (QED) is 0.616. The lowest BCUT2D eigenvalue weighted by Crippen LogP contribution is -2.09. The molecule has 2 aromatic rings. The summed E-state index contributed by atoms with van der Waals surface area (Å²) in [6.45, 7) is 5.45. The van der Waals surface area contributed by atoms with Crippen LogP contribution in [0.2, 0.25) is 0 Å². The topological polar surface area (TPSA) is 34.1 Å². The molecule has 0 aliphatic carbocycles. The van der Waals surface area contributed by atoms with Gasteiger partial charge in [-0.3, -0.25) is 9.59 Å². The first kappa shape index (κ1) is 13.2. The van der Waals surface area contributed by atoms with E-state index in [1.54, 1.807) is 12.1 Å². The van der Waals surface area contributed by atoms with Crippen molar-refractivity contribution < 1.29 is 9.59 Å². The molecule has 0 aliphatic rings. The van der Waals surface area contributed by atoms with Crippen LogP contribution in [0.4, 0.5) is 0 Å². The van der Waals surface area contributed by atoms with E-state index in [-0.39, 0.29) is 0 Å². The first-order valence-corrected chi connectivity index (χ1v) is 6.22. The summed E-state index contributed by atoms with van der Waals surface area (Å²) in [5.41, 5.74) is 5.12. The highest BCUT2D eigenvalue weighted by atomic mass is 16.2. The van der Waals surface area contributed by atoms with Crippen LogP contribution in [0.5, 0.6) is 0 Å². The van der Waals surface area contributed by atoms with Gasteiger partial charge in [0.15, 0.2) is 5.78 Å². The van der Waals surface area contributed by atoms with Crippen molar-refractivity contribution in [3.63, 3.8) is 0 Å². The number of carbonyl (C=O) groups excluding carboxylic acids is 2. The van der Waals surface area contributed by atoms with Crippen LogP contribution in [-0.2, 0) is 4.79 Å². The minimum absolute atomic E-state index is 0.431. The lowest BCUT2D eigenvalue weighted by Gasteiger charge is -2.09. The number of hydrogen-bond donors (Lipinski definition) is 0. The van der Waals surface area contributed by atoms with Crippen molar-refractivity contribution in [1.82, 2.24) is 0 Å². The highest BCUT2D eigenvalue weighted by Gasteiger charge is 2.11. The molecule has 0 spiro atoms. The van der Waals surface area contributed by atoms with E-state index in [2.05, 4.69) is 26.0 Å². The van der Waals surface area contributed by atoms with E-state index in [9.17, 15) is 9.59 Å². The van der Waals surface area contributed by atoms with Crippen LogP contribution >= 0.6 is 0 Å². The molecule has 0 aliphatic heterocycles. The van der Waals surface area contributed by atoms with E-state index in [1.165, 1.54) is 18.1 Å². The van der Waals surface area contributed by atoms with Gasteiger partial charge in [-0.2, -0.15) is 0 Å². The maximum Gasteiger partial charge on any atom is 0.228 e. The summed E-state index contributed by atoms with van der Waals surface area (Å²) in [4.78, 5) is 22.6. The number of carbonyl (C=O) groups is 2. The Bertz CT molecular complexity index is 637. The zero-order valence-electron chi connectivity index (χ0n) is 11.4. The molecule has 2 aromatic carbocycles. The van der Waals surface area contributed by atoms with Gasteiger partial charge in [-0.05, 0) is 36.1 Å². The second kappa shape index (κ2) is 5.19. The third-order valence-electron chi connectivity index (χ3n) is 3.38. The molecule has 0 atom stereocenters. The van der Waals surface area contributed by atoms with Crippen LogP contribution in [0.1, 0.15) is 28.4 Å². The first-order chi connectivity index (χ1) is 9.00. The molecule has 0 aromatic heterocycles. The highest BCUT2D eigenvalue weighted by molar-refractivity contribution is 6.42. The molecule has 0 heterocycles. The summed E-state index contributed by atoms with van der Waals surface area (Å²) >= 11 is 0. The Kier molecular flexibility index (Phi) is 3.61. The van der Waals surface area contributed by atoms with Gasteiger partial charge in [0.05, 0.1) is 0 Å². The van der Waals surface area contributed by atoms with Crippen molar-refractivity contribution in [3.8, 4) is 11.1 Å². The molecule has 19 heavy (non-hydrogen) atoms. The van der Waals surface area contributed by atoms with E-state index in [1.807, 2.05) is 18.2 Å². The first-order valence-electron chi connectivity index (χ1n) is 6.22. The summed E-state index contributed by atoms with van der Waals surface area (Å²) in [6, 6.07) is 13.3. The smallest absolute Gasteiger partial charge is 0.228 e. The fraction of sp³-hybridized carbons (Fsp3) is 0.176. The third kappa shape index (κ3) is 2.63. The highest BCUT2D eigenvalue weighted by Crippen LogP contribution is 2.25. The molecule has 0 radical (unpaired) electrons. The van der Waals surface area contributed by atoms with Crippen LogP contribution in [0.15, 0.2) is 42.5 Å². The Labute approximate surface area is 113 Å². The predicted octanol–water partition coefficient (Wildman–Crippen LogP) is 3.74. The summed E-state index contributed by atoms with van der Waals surface area (Å²) < 4.78 is 0. The predicted molar refractivity (Wildman–Crippen MR) is 76.4 cm³/mol. The summed E-state index contributed by atoms with van der Waals surface area (Å²) in [6.07, 6.45) is 0. The van der Waals surface area contributed by atoms with Gasteiger partial charge < -0.3 is 0 Å². The molecule has 96 valence electrons. The van der Waals surface area contributed by atoms with Crippen LogP contribution in [-0.4, -0.2) is 11.6 Å². The zero-order valence-corrected chi connectivity index (χ0v) is 11.4. The summed E-state index contributed by atoms with van der Waals surface area (Å²) in [5, 5.41) is 0. The fourth-order valence-electron chi connectivity index (χ4n) is 2.07. The summed E-state index contributed by atoms with van der Waals surface area (Å²) in [5.74, 6) is -0.869. The van der Waals surface area contributed by atoms with Crippen molar-refractivity contribution in [2.45, 2.75) is 20.8 Å². The van der Waals surface area contributed by atoms with Gasteiger partial charge in [-0.25, -0.2) is 0 Å². The Morgan fingerprint density at radius 1 is 0.895 bits per heavy atom. The van der Waals surface area contributed by atoms with Crippen LogP contribution in [0.3, 0.4) is 0 Å². The van der Waals surface area contributed by atoms with Gasteiger partial charge in [0.25, 0.3) is 0 Å². The van der Waals surface area contributed by atoms with E-state index < -0.39 is 11.6 Å². The van der Waals surface area contributed by atoms with Crippen molar-refractivity contribution in [1.29, 1.82) is 0 Å². The summed E-state index contributed by atoms with van der Waals surface area (Å²) in [7, 11) is 0. The van der Waals surface area contributed by atoms with Gasteiger partial charge in [0, 0.05) is 12.5 Å². The maximum absolute atomic E-state index is 11.6. The minimum atomic E-state index is -0.437. The van der Waals surface area contributed by atoms with Crippen molar-refractivity contribution in [2.75, 3.05) is 0 Å². The maximum atomic E-state index is 11.6. The molecule has 2 nitrogen and oxygen atoms in total. The molecule has 0 saturated carbocycles. The number of aryl methyl sites for hydroxylation is 1. The SMILES string of the molecule is CC(=O)C(=O)c1ccc(-c2cccc(C)c2C)cc1. The van der Waals surface area contributed by atoms with Gasteiger partial charge in [-0.15, -0.1) is 0 Å². The third-order valence-corrected chi connectivity index (χ3v) is 3.38. The molecular weight excluding hydrogens is 236 g/mol. The Morgan fingerprint density at radius 3 is 2.11 bits per heavy atom. The molecule has 2 rings (SSSR count). The number of ketones is 2. The molecular formula is C17H16O2. The molecule has 0 amide bonds. The van der Waals surface area contributed by atoms with Crippen molar-refractivity contribution in [2.24, 2.45) is 0 Å². The Balaban J connectivity index is 2.41. The van der Waals surface area contributed by atoms with E-state index in [0.29, 0.717) is 5.56 Å². The number of hydrogen-bond acceptors (Lipinski definition) is 2. The van der Waals surface area contributed by atoms with E-state index in [0.717, 1.165) is 11.1 Å². The molecule has 0 fully saturated rings. The largest absolute Gasteiger partial charge is 0.291 e. The monoisotopic (exact) mass is 252 g/mol. The number of Topliss-reactive ketones (excluding diaryl/α,β-unsaturated/α-hetero) is 2. The zero-order chi connectivity index (χ0) is 14.0.